The number of anilines is 2. The molecule has 7 nitrogen and oxygen atoms in total. The number of hydrogen-bond acceptors (Lipinski definition) is 6. The lowest BCUT2D eigenvalue weighted by Crippen LogP contribution is -2.37. The van der Waals surface area contributed by atoms with E-state index in [0.717, 1.165) is 16.2 Å². The highest BCUT2D eigenvalue weighted by atomic mass is 16.7. The van der Waals surface area contributed by atoms with Crippen LogP contribution in [0.1, 0.15) is 17.2 Å². The fourth-order valence-corrected chi connectivity index (χ4v) is 4.29. The summed E-state index contributed by atoms with van der Waals surface area (Å²) in [5, 5.41) is 10.7. The number of fused-ring (bicyclic) bond motifs is 1. The molecule has 0 unspecified atom stereocenters. The third-order valence-electron chi connectivity index (χ3n) is 5.84. The van der Waals surface area contributed by atoms with Crippen molar-refractivity contribution in [3.8, 4) is 11.8 Å². The van der Waals surface area contributed by atoms with Crippen molar-refractivity contribution in [2.75, 3.05) is 17.1 Å². The van der Waals surface area contributed by atoms with E-state index in [9.17, 15) is 9.59 Å². The molecule has 0 spiro atoms. The van der Waals surface area contributed by atoms with Crippen molar-refractivity contribution >= 4 is 23.2 Å². The van der Waals surface area contributed by atoms with Crippen molar-refractivity contribution in [3.05, 3.63) is 90.0 Å². The summed E-state index contributed by atoms with van der Waals surface area (Å²) in [6.07, 6.45) is -0.939. The van der Waals surface area contributed by atoms with Crippen LogP contribution in [0.2, 0.25) is 0 Å². The van der Waals surface area contributed by atoms with Crippen LogP contribution in [0.15, 0.2) is 78.9 Å². The van der Waals surface area contributed by atoms with Crippen molar-refractivity contribution < 1.29 is 19.2 Å². The zero-order valence-corrected chi connectivity index (χ0v) is 17.2. The number of benzene rings is 3. The monoisotopic (exact) mass is 425 g/mol. The first-order chi connectivity index (χ1) is 15.6. The van der Waals surface area contributed by atoms with Gasteiger partial charge in [0, 0.05) is 0 Å². The van der Waals surface area contributed by atoms with Crippen LogP contribution in [0.5, 0.6) is 5.75 Å². The highest BCUT2D eigenvalue weighted by Crippen LogP contribution is 2.47. The summed E-state index contributed by atoms with van der Waals surface area (Å²) in [5.41, 5.74) is 2.48. The molecule has 0 bridgehead atoms. The third kappa shape index (κ3) is 3.09. The second-order valence-electron chi connectivity index (χ2n) is 7.60. The molecule has 158 valence electrons. The first-order valence-electron chi connectivity index (χ1n) is 10.2. The van der Waals surface area contributed by atoms with Gasteiger partial charge in [0.2, 0.25) is 5.91 Å². The number of amides is 2. The molecule has 2 amide bonds. The molecule has 3 aromatic rings. The highest BCUT2D eigenvalue weighted by Gasteiger charge is 2.60. The number of methoxy groups -OCH3 is 1. The van der Waals surface area contributed by atoms with Crippen molar-refractivity contribution in [2.45, 2.75) is 12.1 Å². The van der Waals surface area contributed by atoms with Crippen LogP contribution in [-0.2, 0) is 14.4 Å². The molecule has 32 heavy (non-hydrogen) atoms. The van der Waals surface area contributed by atoms with Gasteiger partial charge in [0.05, 0.1) is 36.2 Å². The quantitative estimate of drug-likeness (QED) is 0.594. The molecule has 5 rings (SSSR count). The Morgan fingerprint density at radius 3 is 2.19 bits per heavy atom. The Morgan fingerprint density at radius 1 is 0.875 bits per heavy atom. The lowest BCUT2D eigenvalue weighted by Gasteiger charge is -2.28. The van der Waals surface area contributed by atoms with E-state index in [2.05, 4.69) is 0 Å². The van der Waals surface area contributed by atoms with Gasteiger partial charge < -0.3 is 4.74 Å². The molecule has 3 atom stereocenters. The number of hydrogen-bond donors (Lipinski definition) is 0. The maximum Gasteiger partial charge on any atom is 0.266 e. The van der Waals surface area contributed by atoms with Crippen molar-refractivity contribution in [1.29, 1.82) is 5.26 Å². The first kappa shape index (κ1) is 19.8. The summed E-state index contributed by atoms with van der Waals surface area (Å²) in [5.74, 6) is -0.763. The molecule has 7 heteroatoms. The predicted molar refractivity (Wildman–Crippen MR) is 117 cm³/mol. The molecular formula is C25H19N3O4. The molecule has 0 aromatic heterocycles. The zero-order chi connectivity index (χ0) is 22.2. The molecule has 2 fully saturated rings. The normalized spacial score (nSPS) is 22.1. The fourth-order valence-electron chi connectivity index (χ4n) is 4.29. The van der Waals surface area contributed by atoms with Gasteiger partial charge in [0.15, 0.2) is 6.10 Å². The molecular weight excluding hydrogens is 406 g/mol. The van der Waals surface area contributed by atoms with Crippen molar-refractivity contribution in [2.24, 2.45) is 5.92 Å². The Morgan fingerprint density at radius 2 is 1.56 bits per heavy atom. The standard InChI is InChI=1S/C25H19N3O4/c1-31-20-13-9-17(10-14-20)22-21-23(32-28(22)19-5-3-2-4-6-19)25(30)27(24(21)29)18-11-7-16(15-26)8-12-18/h2-14,21-23H,1H3/t21-,22+,23-/m0/s1. The second-order valence-corrected chi connectivity index (χ2v) is 7.60. The average molecular weight is 425 g/mol. The van der Waals surface area contributed by atoms with Gasteiger partial charge >= 0.3 is 0 Å². The number of rotatable bonds is 4. The summed E-state index contributed by atoms with van der Waals surface area (Å²) >= 11 is 0. The number of hydroxylamine groups is 1. The number of ether oxygens (including phenoxy) is 1. The van der Waals surface area contributed by atoms with E-state index >= 15 is 0 Å². The number of carbonyl (C=O) groups is 2. The number of nitriles is 1. The molecule has 0 radical (unpaired) electrons. The van der Waals surface area contributed by atoms with E-state index in [-0.39, 0.29) is 5.91 Å². The largest absolute Gasteiger partial charge is 0.497 e. The number of imide groups is 1. The van der Waals surface area contributed by atoms with E-state index in [1.807, 2.05) is 60.7 Å². The van der Waals surface area contributed by atoms with Crippen LogP contribution in [-0.4, -0.2) is 25.0 Å². The van der Waals surface area contributed by atoms with Crippen LogP contribution in [0.25, 0.3) is 0 Å². The predicted octanol–water partition coefficient (Wildman–Crippen LogP) is 3.62. The van der Waals surface area contributed by atoms with Crippen molar-refractivity contribution in [1.82, 2.24) is 0 Å². The second kappa shape index (κ2) is 7.84. The van der Waals surface area contributed by atoms with Crippen LogP contribution >= 0.6 is 0 Å². The molecule has 0 saturated carbocycles. The third-order valence-corrected chi connectivity index (χ3v) is 5.84. The van der Waals surface area contributed by atoms with Gasteiger partial charge in [-0.2, -0.15) is 5.26 Å². The molecule has 2 saturated heterocycles. The maximum absolute atomic E-state index is 13.5. The highest BCUT2D eigenvalue weighted by molar-refractivity contribution is 6.23. The van der Waals surface area contributed by atoms with E-state index < -0.39 is 24.0 Å². The van der Waals surface area contributed by atoms with Crippen LogP contribution in [0, 0.1) is 17.2 Å². The van der Waals surface area contributed by atoms with Gasteiger partial charge in [-0.1, -0.05) is 30.3 Å². The van der Waals surface area contributed by atoms with Crippen LogP contribution < -0.4 is 14.7 Å². The summed E-state index contributed by atoms with van der Waals surface area (Å²) in [6, 6.07) is 24.8. The minimum absolute atomic E-state index is 0.330. The molecule has 2 aliphatic rings. The van der Waals surface area contributed by atoms with E-state index in [4.69, 9.17) is 14.8 Å². The lowest BCUT2D eigenvalue weighted by molar-refractivity contribution is -0.126. The van der Waals surface area contributed by atoms with E-state index in [1.165, 1.54) is 0 Å². The Bertz CT molecular complexity index is 1200. The molecule has 3 aromatic carbocycles. The van der Waals surface area contributed by atoms with Gasteiger partial charge in [-0.15, -0.1) is 0 Å². The molecule has 2 aliphatic heterocycles. The van der Waals surface area contributed by atoms with Gasteiger partial charge in [0.25, 0.3) is 5.91 Å². The summed E-state index contributed by atoms with van der Waals surface area (Å²) < 4.78 is 5.26. The van der Waals surface area contributed by atoms with Gasteiger partial charge in [-0.05, 0) is 54.1 Å². The minimum Gasteiger partial charge on any atom is -0.497 e. The molecule has 0 aliphatic carbocycles. The smallest absolute Gasteiger partial charge is 0.266 e. The summed E-state index contributed by atoms with van der Waals surface area (Å²) in [7, 11) is 1.59. The fraction of sp³-hybridized carbons (Fsp3) is 0.160. The SMILES string of the molecule is COc1ccc([C@@H]2[C@@H]3C(=O)N(c4ccc(C#N)cc4)C(=O)[C@H]3ON2c2ccccc2)cc1. The number of carbonyl (C=O) groups excluding carboxylic acids is 2. The lowest BCUT2D eigenvalue weighted by atomic mass is 9.90. The van der Waals surface area contributed by atoms with Gasteiger partial charge in [0.1, 0.15) is 11.7 Å². The summed E-state index contributed by atoms with van der Waals surface area (Å²) in [6.45, 7) is 0. The minimum atomic E-state index is -0.939. The molecule has 0 N–H and O–H groups in total. The topological polar surface area (TPSA) is 82.9 Å². The average Bonchev–Trinajstić information content (AvgIpc) is 3.36. The Balaban J connectivity index is 1.56. The Labute approximate surface area is 185 Å². The Kier molecular flexibility index (Phi) is 4.85. The van der Waals surface area contributed by atoms with Gasteiger partial charge in [-0.25, -0.2) is 9.96 Å². The Hall–Kier alpha value is -4.15. The van der Waals surface area contributed by atoms with E-state index in [0.29, 0.717) is 17.0 Å². The van der Waals surface area contributed by atoms with E-state index in [1.54, 1.807) is 36.4 Å². The zero-order valence-electron chi connectivity index (χ0n) is 17.2. The number of para-hydroxylation sites is 1. The first-order valence-corrected chi connectivity index (χ1v) is 10.2. The van der Waals surface area contributed by atoms with Crippen LogP contribution in [0.4, 0.5) is 11.4 Å². The number of nitrogens with zero attached hydrogens (tertiary/aromatic N) is 3. The van der Waals surface area contributed by atoms with Gasteiger partial charge in [-0.3, -0.25) is 14.4 Å². The van der Waals surface area contributed by atoms with Crippen LogP contribution in [0.3, 0.4) is 0 Å². The molecule has 2 heterocycles. The maximum atomic E-state index is 13.5. The summed E-state index contributed by atoms with van der Waals surface area (Å²) in [4.78, 5) is 34.1. The van der Waals surface area contributed by atoms with Crippen molar-refractivity contribution in [3.63, 3.8) is 0 Å².